The fourth-order valence-corrected chi connectivity index (χ4v) is 5.62. The molecule has 0 bridgehead atoms. The lowest BCUT2D eigenvalue weighted by molar-refractivity contribution is 0.127. The van der Waals surface area contributed by atoms with Crippen molar-refractivity contribution in [1.29, 1.82) is 0 Å². The van der Waals surface area contributed by atoms with E-state index >= 15 is 0 Å². The van der Waals surface area contributed by atoms with Crippen LogP contribution in [0.2, 0.25) is 30.7 Å². The van der Waals surface area contributed by atoms with Gasteiger partial charge in [-0.25, -0.2) is 23.7 Å². The molecule has 1 fully saturated rings. The van der Waals surface area contributed by atoms with Crippen molar-refractivity contribution in [2.75, 3.05) is 18.1 Å². The Morgan fingerprint density at radius 1 is 1.12 bits per heavy atom. The number of nitrogens with zero attached hydrogens (tertiary/aromatic N) is 6. The predicted molar refractivity (Wildman–Crippen MR) is 160 cm³/mol. The molecule has 4 heterocycles. The standard InChI is InChI=1S/C29H29ClFN7O3Si/c1-42(2,3)13-12-40-17-25-33-27(36-35-25)19-6-4-18(5-7-19)21-15-32-37-11-10-26(34-28(21)37)38-24(16-41-29(38)39)20-8-9-23(31)22(30)14-20/h4-11,14-15,24H,12-13,16-17H2,1-3H3,(H,33,35,36)/t24-/m1/s1. The molecule has 0 unspecified atom stereocenters. The fourth-order valence-electron chi connectivity index (χ4n) is 4.67. The van der Waals surface area contributed by atoms with Gasteiger partial charge in [-0.2, -0.15) is 10.2 Å². The van der Waals surface area contributed by atoms with Gasteiger partial charge in [0.25, 0.3) is 0 Å². The van der Waals surface area contributed by atoms with Gasteiger partial charge in [0.15, 0.2) is 17.3 Å². The number of hydrogen-bond donors (Lipinski definition) is 1. The predicted octanol–water partition coefficient (Wildman–Crippen LogP) is 6.53. The number of halogens is 2. The summed E-state index contributed by atoms with van der Waals surface area (Å²) < 4.78 is 26.5. The summed E-state index contributed by atoms with van der Waals surface area (Å²) in [5.74, 6) is 1.13. The Morgan fingerprint density at radius 3 is 2.67 bits per heavy atom. The van der Waals surface area contributed by atoms with E-state index in [4.69, 9.17) is 26.1 Å². The molecule has 0 aliphatic carbocycles. The topological polar surface area (TPSA) is 111 Å². The minimum Gasteiger partial charge on any atom is -0.447 e. The van der Waals surface area contributed by atoms with Crippen LogP contribution in [0, 0.1) is 5.82 Å². The normalized spacial score (nSPS) is 15.5. The van der Waals surface area contributed by atoms with Crippen molar-refractivity contribution < 1.29 is 18.7 Å². The molecular weight excluding hydrogens is 577 g/mol. The first-order valence-corrected chi connectivity index (χ1v) is 17.6. The van der Waals surface area contributed by atoms with Crippen LogP contribution in [0.4, 0.5) is 15.0 Å². The minimum atomic E-state index is -1.14. The van der Waals surface area contributed by atoms with Gasteiger partial charge in [-0.15, -0.1) is 0 Å². The summed E-state index contributed by atoms with van der Waals surface area (Å²) >= 11 is 6.00. The van der Waals surface area contributed by atoms with Crippen LogP contribution in [0.25, 0.3) is 28.2 Å². The van der Waals surface area contributed by atoms with Gasteiger partial charge in [0.2, 0.25) is 0 Å². The highest BCUT2D eigenvalue weighted by molar-refractivity contribution is 6.76. The third-order valence-corrected chi connectivity index (χ3v) is 9.02. The second-order valence-corrected chi connectivity index (χ2v) is 17.3. The highest BCUT2D eigenvalue weighted by Crippen LogP contribution is 2.35. The molecule has 0 radical (unpaired) electrons. The zero-order valence-electron chi connectivity index (χ0n) is 23.3. The van der Waals surface area contributed by atoms with Crippen molar-refractivity contribution in [3.8, 4) is 22.5 Å². The number of anilines is 1. The maximum absolute atomic E-state index is 13.8. The number of rotatable bonds is 9. The van der Waals surface area contributed by atoms with Crippen molar-refractivity contribution in [2.45, 2.75) is 38.3 Å². The second-order valence-electron chi connectivity index (χ2n) is 11.3. The lowest BCUT2D eigenvalue weighted by atomic mass is 10.1. The number of benzene rings is 2. The van der Waals surface area contributed by atoms with Gasteiger partial charge < -0.3 is 9.47 Å². The van der Waals surface area contributed by atoms with Gasteiger partial charge in [0, 0.05) is 32.0 Å². The van der Waals surface area contributed by atoms with Gasteiger partial charge in [-0.05, 0) is 35.4 Å². The van der Waals surface area contributed by atoms with Crippen molar-refractivity contribution in [2.24, 2.45) is 0 Å². The number of aromatic amines is 1. The number of amides is 1. The zero-order chi connectivity index (χ0) is 29.4. The molecule has 0 spiro atoms. The largest absolute Gasteiger partial charge is 0.447 e. The van der Waals surface area contributed by atoms with E-state index in [0.717, 1.165) is 29.3 Å². The molecule has 1 aliphatic rings. The first-order chi connectivity index (χ1) is 20.2. The molecule has 0 saturated carbocycles. The Kier molecular flexibility index (Phi) is 7.52. The number of H-pyrrole nitrogens is 1. The number of nitrogens with one attached hydrogen (secondary N) is 1. The first-order valence-electron chi connectivity index (χ1n) is 13.5. The van der Waals surface area contributed by atoms with Crippen LogP contribution in [0.3, 0.4) is 0 Å². The Labute approximate surface area is 247 Å². The Morgan fingerprint density at radius 2 is 1.90 bits per heavy atom. The molecule has 1 aliphatic heterocycles. The highest BCUT2D eigenvalue weighted by Gasteiger charge is 2.37. The molecule has 6 rings (SSSR count). The molecule has 3 aromatic heterocycles. The van der Waals surface area contributed by atoms with E-state index < -0.39 is 26.0 Å². The van der Waals surface area contributed by atoms with Crippen molar-refractivity contribution >= 4 is 37.2 Å². The third-order valence-electron chi connectivity index (χ3n) is 7.02. The average Bonchev–Trinajstić information content (AvgIpc) is 3.70. The summed E-state index contributed by atoms with van der Waals surface area (Å²) in [6.45, 7) is 8.16. The molecule has 10 nitrogen and oxygen atoms in total. The maximum atomic E-state index is 13.8. The van der Waals surface area contributed by atoms with Gasteiger partial charge in [0.1, 0.15) is 30.9 Å². The van der Waals surface area contributed by atoms with Crippen LogP contribution >= 0.6 is 11.6 Å². The van der Waals surface area contributed by atoms with Crippen LogP contribution in [0.15, 0.2) is 60.9 Å². The first kappa shape index (κ1) is 28.0. The molecule has 42 heavy (non-hydrogen) atoms. The SMILES string of the molecule is C[Si](C)(C)CCOCc1nc(-c2ccc(-c3cnn4ccc(N5C(=O)OC[C@@H]5c5ccc(F)c(Cl)c5)nc34)cc2)n[nH]1. The molecule has 2 aromatic carbocycles. The lowest BCUT2D eigenvalue weighted by Crippen LogP contribution is -2.28. The van der Waals surface area contributed by atoms with E-state index in [1.807, 2.05) is 24.3 Å². The average molecular weight is 606 g/mol. The summed E-state index contributed by atoms with van der Waals surface area (Å²) in [6, 6.07) is 14.4. The zero-order valence-corrected chi connectivity index (χ0v) is 25.1. The van der Waals surface area contributed by atoms with E-state index in [9.17, 15) is 9.18 Å². The maximum Gasteiger partial charge on any atom is 0.416 e. The number of aromatic nitrogens is 6. The number of cyclic esters (lactones) is 1. The van der Waals surface area contributed by atoms with E-state index in [1.54, 1.807) is 29.0 Å². The monoisotopic (exact) mass is 605 g/mol. The minimum absolute atomic E-state index is 0.0243. The summed E-state index contributed by atoms with van der Waals surface area (Å²) in [5, 5.41) is 11.7. The van der Waals surface area contributed by atoms with Crippen molar-refractivity contribution in [3.05, 3.63) is 83.2 Å². The van der Waals surface area contributed by atoms with Crippen LogP contribution in [-0.4, -0.2) is 57.2 Å². The third kappa shape index (κ3) is 5.78. The highest BCUT2D eigenvalue weighted by atomic mass is 35.5. The summed E-state index contributed by atoms with van der Waals surface area (Å²) in [5.41, 5.74) is 3.73. The Balaban J connectivity index is 1.22. The summed E-state index contributed by atoms with van der Waals surface area (Å²) in [4.78, 5) is 23.5. The van der Waals surface area contributed by atoms with Gasteiger partial charge >= 0.3 is 6.09 Å². The van der Waals surface area contributed by atoms with E-state index in [1.165, 1.54) is 17.0 Å². The van der Waals surface area contributed by atoms with E-state index in [2.05, 4.69) is 39.9 Å². The number of ether oxygens (including phenoxy) is 2. The molecule has 1 saturated heterocycles. The van der Waals surface area contributed by atoms with Crippen molar-refractivity contribution in [1.82, 2.24) is 29.8 Å². The lowest BCUT2D eigenvalue weighted by Gasteiger charge is -2.21. The molecule has 5 aromatic rings. The molecular formula is C29H29ClFN7O3Si. The van der Waals surface area contributed by atoms with Crippen molar-refractivity contribution in [3.63, 3.8) is 0 Å². The second kappa shape index (κ2) is 11.3. The van der Waals surface area contributed by atoms with Crippen LogP contribution < -0.4 is 4.90 Å². The van der Waals surface area contributed by atoms with Gasteiger partial charge in [-0.3, -0.25) is 10.00 Å². The van der Waals surface area contributed by atoms with E-state index in [-0.39, 0.29) is 11.6 Å². The van der Waals surface area contributed by atoms with E-state index in [0.29, 0.717) is 35.3 Å². The molecule has 1 N–H and O–H groups in total. The molecule has 216 valence electrons. The number of hydrogen-bond acceptors (Lipinski definition) is 7. The fraction of sp³-hybridized carbons (Fsp3) is 0.276. The van der Waals surface area contributed by atoms with Gasteiger partial charge in [-0.1, -0.05) is 61.6 Å². The molecule has 1 atom stereocenters. The number of carbonyl (C=O) groups is 1. The number of fused-ring (bicyclic) bond motifs is 1. The van der Waals surface area contributed by atoms with Crippen LogP contribution in [0.5, 0.6) is 0 Å². The Hall–Kier alpha value is -4.13. The molecule has 1 amide bonds. The Bertz CT molecular complexity index is 1750. The summed E-state index contributed by atoms with van der Waals surface area (Å²) in [6.07, 6.45) is 2.91. The quantitative estimate of drug-likeness (QED) is 0.150. The molecule has 13 heteroatoms. The van der Waals surface area contributed by atoms with Crippen LogP contribution in [0.1, 0.15) is 17.4 Å². The smallest absolute Gasteiger partial charge is 0.416 e. The summed E-state index contributed by atoms with van der Waals surface area (Å²) in [7, 11) is -1.14. The number of carbonyl (C=O) groups excluding carboxylic acids is 1. The van der Waals surface area contributed by atoms with Crippen LogP contribution in [-0.2, 0) is 16.1 Å². The van der Waals surface area contributed by atoms with Gasteiger partial charge in [0.05, 0.1) is 11.2 Å².